The van der Waals surface area contributed by atoms with Crippen molar-refractivity contribution in [2.24, 2.45) is 46.3 Å². The number of nitrogens with zero attached hydrogens (tertiary/aromatic N) is 1. The van der Waals surface area contributed by atoms with Gasteiger partial charge in [0.05, 0.1) is 17.8 Å². The zero-order valence-corrected chi connectivity index (χ0v) is 22.3. The summed E-state index contributed by atoms with van der Waals surface area (Å²) >= 11 is 0. The minimum atomic E-state index is -0.321. The normalized spacial score (nSPS) is 44.6. The summed E-state index contributed by atoms with van der Waals surface area (Å²) in [7, 11) is 2.07. The van der Waals surface area contributed by atoms with E-state index in [4.69, 9.17) is 0 Å². The molecule has 3 nitrogen and oxygen atoms in total. The molecule has 4 aliphatic rings. The lowest BCUT2D eigenvalue weighted by atomic mass is 9.44. The van der Waals surface area contributed by atoms with Crippen molar-refractivity contribution in [2.75, 3.05) is 11.9 Å². The Labute approximate surface area is 208 Å². The maximum atomic E-state index is 11.3. The van der Waals surface area contributed by atoms with E-state index < -0.39 is 0 Å². The molecule has 190 valence electrons. The van der Waals surface area contributed by atoms with Gasteiger partial charge in [-0.05, 0) is 110 Å². The molecule has 4 fully saturated rings. The molecule has 2 N–H and O–H groups in total. The van der Waals surface area contributed by atoms with Crippen LogP contribution in [0.4, 0.5) is 5.69 Å². The van der Waals surface area contributed by atoms with Crippen LogP contribution < -0.4 is 4.90 Å². The van der Waals surface area contributed by atoms with E-state index in [-0.39, 0.29) is 12.1 Å². The first-order valence-electron chi connectivity index (χ1n) is 14.4. The van der Waals surface area contributed by atoms with E-state index >= 15 is 0 Å². The van der Waals surface area contributed by atoms with Gasteiger partial charge in [0, 0.05) is 7.05 Å². The molecule has 2 unspecified atom stereocenters. The number of hydrogen-bond donors (Lipinski definition) is 2. The molecule has 0 bridgehead atoms. The summed E-state index contributed by atoms with van der Waals surface area (Å²) < 4.78 is 0. The van der Waals surface area contributed by atoms with Crippen LogP contribution in [-0.2, 0) is 0 Å². The van der Waals surface area contributed by atoms with E-state index in [9.17, 15) is 10.2 Å². The van der Waals surface area contributed by atoms with Crippen molar-refractivity contribution in [3.8, 4) is 5.75 Å². The van der Waals surface area contributed by atoms with Crippen molar-refractivity contribution in [3.05, 3.63) is 24.3 Å². The summed E-state index contributed by atoms with van der Waals surface area (Å²) in [5, 5.41) is 21.8. The predicted octanol–water partition coefficient (Wildman–Crippen LogP) is 7.26. The van der Waals surface area contributed by atoms with Gasteiger partial charge in [-0.25, -0.2) is 0 Å². The molecule has 0 spiro atoms. The summed E-state index contributed by atoms with van der Waals surface area (Å²) in [6.07, 6.45) is 12.7. The number of para-hydroxylation sites is 2. The van der Waals surface area contributed by atoms with Gasteiger partial charge >= 0.3 is 0 Å². The van der Waals surface area contributed by atoms with Crippen molar-refractivity contribution >= 4 is 5.69 Å². The number of aliphatic hydroxyl groups excluding tert-OH is 1. The van der Waals surface area contributed by atoms with Gasteiger partial charge in [0.1, 0.15) is 5.75 Å². The molecule has 4 aliphatic carbocycles. The third-order valence-corrected chi connectivity index (χ3v) is 11.9. The van der Waals surface area contributed by atoms with Gasteiger partial charge < -0.3 is 15.1 Å². The quantitative estimate of drug-likeness (QED) is 0.479. The first-order valence-corrected chi connectivity index (χ1v) is 14.4. The molecule has 0 heterocycles. The molecular weight excluding hydrogens is 418 g/mol. The van der Waals surface area contributed by atoms with Crippen LogP contribution in [-0.4, -0.2) is 29.4 Å². The fourth-order valence-corrected chi connectivity index (χ4v) is 10.2. The highest BCUT2D eigenvalue weighted by atomic mass is 16.3. The van der Waals surface area contributed by atoms with Gasteiger partial charge in [0.25, 0.3) is 0 Å². The number of aromatic hydroxyl groups is 1. The highest BCUT2D eigenvalue weighted by Crippen LogP contribution is 2.68. The molecule has 0 amide bonds. The zero-order chi connectivity index (χ0) is 24.3. The number of aliphatic hydroxyl groups is 1. The Kier molecular flexibility index (Phi) is 6.49. The Morgan fingerprint density at radius 1 is 1.03 bits per heavy atom. The summed E-state index contributed by atoms with van der Waals surface area (Å²) in [6.45, 7) is 10.1. The molecular formula is C31H49NO2. The van der Waals surface area contributed by atoms with Crippen molar-refractivity contribution < 1.29 is 10.2 Å². The minimum Gasteiger partial charge on any atom is -0.506 e. The molecule has 1 aromatic rings. The maximum Gasteiger partial charge on any atom is 0.138 e. The van der Waals surface area contributed by atoms with Crippen LogP contribution >= 0.6 is 0 Å². The molecule has 4 saturated carbocycles. The van der Waals surface area contributed by atoms with E-state index in [1.807, 2.05) is 18.2 Å². The fraction of sp³-hybridized carbons (Fsp3) is 0.806. The maximum absolute atomic E-state index is 11.3. The standard InChI is InChI=1S/C31H49NO2/c1-6-9-20(2)23-14-15-24-22-13-12-21-18-29(34)27(32(5)26-10-7-8-11-28(26)33)19-31(21,4)25(22)16-17-30(23,24)3/h7-8,10-11,20-25,27,29,33-34H,6,9,12-19H2,1-5H3/t20?,21?,22-,23+,24-,25-,27+,29+,30+,31-/m0/s1. The first-order chi connectivity index (χ1) is 16.2. The summed E-state index contributed by atoms with van der Waals surface area (Å²) in [4.78, 5) is 2.18. The Bertz CT molecular complexity index is 871. The zero-order valence-electron chi connectivity index (χ0n) is 22.3. The molecule has 0 saturated heterocycles. The summed E-state index contributed by atoms with van der Waals surface area (Å²) in [5.41, 5.74) is 1.68. The number of phenols is 1. The van der Waals surface area contributed by atoms with Crippen molar-refractivity contribution in [2.45, 2.75) is 104 Å². The number of anilines is 1. The van der Waals surface area contributed by atoms with Gasteiger partial charge in [-0.15, -0.1) is 0 Å². The average Bonchev–Trinajstić information content (AvgIpc) is 3.16. The van der Waals surface area contributed by atoms with Crippen LogP contribution in [0.1, 0.15) is 91.9 Å². The monoisotopic (exact) mass is 467 g/mol. The molecule has 3 heteroatoms. The number of fused-ring (bicyclic) bond motifs is 5. The van der Waals surface area contributed by atoms with Crippen LogP contribution in [0, 0.1) is 46.3 Å². The lowest BCUT2D eigenvalue weighted by Crippen LogP contribution is -2.59. The van der Waals surface area contributed by atoms with E-state index in [1.165, 1.54) is 51.4 Å². The summed E-state index contributed by atoms with van der Waals surface area (Å²) in [6, 6.07) is 7.69. The van der Waals surface area contributed by atoms with Gasteiger partial charge in [-0.2, -0.15) is 0 Å². The highest BCUT2D eigenvalue weighted by Gasteiger charge is 2.61. The van der Waals surface area contributed by atoms with E-state index in [2.05, 4.69) is 39.6 Å². The van der Waals surface area contributed by atoms with Crippen LogP contribution in [0.2, 0.25) is 0 Å². The first kappa shape index (κ1) is 24.5. The van der Waals surface area contributed by atoms with Gasteiger partial charge in [0.2, 0.25) is 0 Å². The Morgan fingerprint density at radius 2 is 1.76 bits per heavy atom. The molecule has 34 heavy (non-hydrogen) atoms. The average molecular weight is 468 g/mol. The minimum absolute atomic E-state index is 0.0718. The second-order valence-corrected chi connectivity index (χ2v) is 13.3. The third-order valence-electron chi connectivity index (χ3n) is 11.9. The van der Waals surface area contributed by atoms with Gasteiger partial charge in [-0.3, -0.25) is 0 Å². The SMILES string of the molecule is CCCC(C)[C@H]1CC[C@H]2[C@@H]3CCC4C[C@@H](O)[C@H](N(C)c5ccccc5O)C[C@]4(C)[C@H]3CC[C@]12C. The number of likely N-dealkylation sites (N-methyl/N-ethyl adjacent to an activating group) is 1. The second-order valence-electron chi connectivity index (χ2n) is 13.3. The molecule has 0 aromatic heterocycles. The Balaban J connectivity index is 1.39. The fourth-order valence-electron chi connectivity index (χ4n) is 10.2. The number of rotatable bonds is 5. The van der Waals surface area contributed by atoms with Crippen molar-refractivity contribution in [1.82, 2.24) is 0 Å². The topological polar surface area (TPSA) is 43.7 Å². The highest BCUT2D eigenvalue weighted by molar-refractivity contribution is 5.58. The van der Waals surface area contributed by atoms with E-state index in [0.717, 1.165) is 48.1 Å². The Hall–Kier alpha value is -1.22. The van der Waals surface area contributed by atoms with Gasteiger partial charge in [-0.1, -0.05) is 52.7 Å². The molecule has 1 aromatic carbocycles. The lowest BCUT2D eigenvalue weighted by Gasteiger charge is -2.62. The smallest absolute Gasteiger partial charge is 0.138 e. The van der Waals surface area contributed by atoms with Crippen molar-refractivity contribution in [3.63, 3.8) is 0 Å². The Morgan fingerprint density at radius 3 is 2.50 bits per heavy atom. The summed E-state index contributed by atoms with van der Waals surface area (Å²) in [5.74, 6) is 5.29. The molecule has 0 radical (unpaired) electrons. The third kappa shape index (κ3) is 3.71. The number of phenolic OH excluding ortho intramolecular Hbond substituents is 1. The largest absolute Gasteiger partial charge is 0.506 e. The predicted molar refractivity (Wildman–Crippen MR) is 141 cm³/mol. The van der Waals surface area contributed by atoms with Gasteiger partial charge in [0.15, 0.2) is 0 Å². The van der Waals surface area contributed by atoms with Crippen LogP contribution in [0.15, 0.2) is 24.3 Å². The molecule has 5 rings (SSSR count). The molecule has 10 atom stereocenters. The lowest BCUT2D eigenvalue weighted by molar-refractivity contribution is -0.134. The van der Waals surface area contributed by atoms with Crippen molar-refractivity contribution in [1.29, 1.82) is 0 Å². The second kappa shape index (κ2) is 9.02. The molecule has 0 aliphatic heterocycles. The van der Waals surface area contributed by atoms with Crippen LogP contribution in [0.25, 0.3) is 0 Å². The van der Waals surface area contributed by atoms with E-state index in [1.54, 1.807) is 6.07 Å². The van der Waals surface area contributed by atoms with Crippen LogP contribution in [0.5, 0.6) is 5.75 Å². The number of benzene rings is 1. The van der Waals surface area contributed by atoms with Crippen LogP contribution in [0.3, 0.4) is 0 Å². The number of hydrogen-bond acceptors (Lipinski definition) is 3. The van der Waals surface area contributed by atoms with E-state index in [0.29, 0.717) is 22.5 Å².